The van der Waals surface area contributed by atoms with Crippen molar-refractivity contribution in [1.29, 1.82) is 0 Å². The summed E-state index contributed by atoms with van der Waals surface area (Å²) in [6.45, 7) is -0.979. The second kappa shape index (κ2) is 13.5. The molecular formula is C36H29ClF6N8O5S. The molecule has 13 nitrogen and oxygen atoms in total. The molecular weight excluding hydrogens is 806 g/mol. The first-order valence-electron chi connectivity index (χ1n) is 17.1. The number of para-hydroxylation sites is 1. The quantitative estimate of drug-likeness (QED) is 0.150. The number of rotatable bonds is 11. The second-order valence-electron chi connectivity index (χ2n) is 13.9. The molecule has 3 aromatic carbocycles. The fourth-order valence-electron chi connectivity index (χ4n) is 7.74. The van der Waals surface area contributed by atoms with E-state index >= 15 is 8.78 Å². The number of anilines is 1. The van der Waals surface area contributed by atoms with Crippen molar-refractivity contribution in [2.45, 2.75) is 43.7 Å². The average molecular weight is 835 g/mol. The number of benzene rings is 3. The van der Waals surface area contributed by atoms with Crippen molar-refractivity contribution in [2.24, 2.45) is 13.0 Å². The number of hydrogen-bond donors (Lipinski definition) is 2. The van der Waals surface area contributed by atoms with Crippen molar-refractivity contribution in [3.8, 4) is 11.4 Å². The lowest BCUT2D eigenvalue weighted by atomic mass is 10.0. The van der Waals surface area contributed by atoms with Crippen LogP contribution in [0.4, 0.5) is 32.2 Å². The van der Waals surface area contributed by atoms with E-state index in [9.17, 15) is 35.6 Å². The summed E-state index contributed by atoms with van der Waals surface area (Å²) < 4.78 is 123. The van der Waals surface area contributed by atoms with Gasteiger partial charge in [0.2, 0.25) is 15.9 Å². The van der Waals surface area contributed by atoms with E-state index in [1.807, 2.05) is 0 Å². The first-order valence-corrected chi connectivity index (χ1v) is 19.4. The first-order chi connectivity index (χ1) is 26.9. The summed E-state index contributed by atoms with van der Waals surface area (Å²) in [6, 6.07) is 8.28. The molecule has 21 heteroatoms. The maximum atomic E-state index is 15.4. The third-order valence-corrected chi connectivity index (χ3v) is 10.9. The number of halogens is 7. The van der Waals surface area contributed by atoms with E-state index in [-0.39, 0.29) is 67.5 Å². The van der Waals surface area contributed by atoms with Crippen molar-refractivity contribution in [1.82, 2.24) is 34.4 Å². The first kappa shape index (κ1) is 38.3. The topological polar surface area (TPSA) is 155 Å². The number of hydrogen-bond acceptors (Lipinski definition) is 8. The van der Waals surface area contributed by atoms with Gasteiger partial charge in [-0.2, -0.15) is 19.0 Å². The van der Waals surface area contributed by atoms with Gasteiger partial charge >= 0.3 is 0 Å². The van der Waals surface area contributed by atoms with Crippen molar-refractivity contribution in [3.63, 3.8) is 0 Å². The summed E-state index contributed by atoms with van der Waals surface area (Å²) in [5, 5.41) is 10.7. The molecule has 1 fully saturated rings. The van der Waals surface area contributed by atoms with Gasteiger partial charge in [-0.25, -0.2) is 31.0 Å². The molecule has 3 atom stereocenters. The number of amides is 1. The molecule has 298 valence electrons. The van der Waals surface area contributed by atoms with Gasteiger partial charge in [0, 0.05) is 31.0 Å². The summed E-state index contributed by atoms with van der Waals surface area (Å²) in [7, 11) is -1.13. The van der Waals surface area contributed by atoms with Crippen molar-refractivity contribution >= 4 is 55.2 Å². The SMILES string of the molecule is COc1cccc2c(=O)n(-c3ccc(Cl)c4c(NS(C)(=O)=O)nn(C)c34)c([C@H](Cc3cc(F)cc(F)c3)NC(=O)Cn3nc(C(F)F)c4c3C(F)(F)[C@@H]3C[C@H]43)nc12. The molecule has 0 unspecified atom stereocenters. The summed E-state index contributed by atoms with van der Waals surface area (Å²) in [4.78, 5) is 33.5. The van der Waals surface area contributed by atoms with E-state index in [2.05, 4.69) is 20.2 Å². The zero-order valence-electron chi connectivity index (χ0n) is 29.8. The van der Waals surface area contributed by atoms with Crippen molar-refractivity contribution in [3.05, 3.63) is 104 Å². The minimum absolute atomic E-state index is 0.000839. The summed E-state index contributed by atoms with van der Waals surface area (Å²) in [6.07, 6.45) is -2.77. The number of carbonyl (C=O) groups excluding carboxylic acids is 1. The van der Waals surface area contributed by atoms with Crippen LogP contribution in [0.2, 0.25) is 5.02 Å². The normalized spacial score (nSPS) is 17.5. The molecule has 2 N–H and O–H groups in total. The maximum absolute atomic E-state index is 15.4. The number of carbonyl (C=O) groups is 1. The van der Waals surface area contributed by atoms with E-state index in [0.29, 0.717) is 10.7 Å². The predicted molar refractivity (Wildman–Crippen MR) is 195 cm³/mol. The van der Waals surface area contributed by atoms with Crippen molar-refractivity contribution in [2.75, 3.05) is 18.1 Å². The van der Waals surface area contributed by atoms with Crippen LogP contribution in [-0.2, 0) is 40.8 Å². The fraction of sp³-hybridized carbons (Fsp3) is 0.306. The van der Waals surface area contributed by atoms with Gasteiger partial charge in [0.15, 0.2) is 5.82 Å². The highest BCUT2D eigenvalue weighted by Gasteiger charge is 2.67. The smallest absolute Gasteiger partial charge is 0.293 e. The molecule has 3 aromatic heterocycles. The summed E-state index contributed by atoms with van der Waals surface area (Å²) in [5.74, 6) is -8.91. The number of aromatic nitrogens is 6. The molecule has 2 aliphatic carbocycles. The van der Waals surface area contributed by atoms with Crippen LogP contribution in [0.15, 0.2) is 53.3 Å². The Labute approximate surface area is 323 Å². The Bertz CT molecular complexity index is 2830. The van der Waals surface area contributed by atoms with E-state index < -0.39 is 87.7 Å². The van der Waals surface area contributed by atoms with Gasteiger partial charge in [0.05, 0.1) is 46.4 Å². The lowest BCUT2D eigenvalue weighted by molar-refractivity contribution is -0.123. The van der Waals surface area contributed by atoms with Crippen molar-refractivity contribution < 1.29 is 44.3 Å². The Balaban J connectivity index is 1.34. The number of methoxy groups -OCH3 is 1. The van der Waals surface area contributed by atoms with Gasteiger partial charge in [-0.3, -0.25) is 28.2 Å². The standard InChI is InChI=1S/C36H29ClF6N8O5S/c1-49-30-23(8-7-21(37)27(30)33(47-49)48-57(3,54)55)51-34(45-28-18(35(51)53)5-4-6-24(28)56-2)22(11-15-9-16(38)12-17(39)10-15)44-25(52)14-50-31-26(29(46-50)32(40)41)19-13-20(19)36(31,42)43/h4-10,12,19-20,22,32H,11,13-14H2,1-3H3,(H,44,52)(H,47,48)/t19-,20+,22-/m0/s1. The third kappa shape index (κ3) is 6.53. The van der Waals surface area contributed by atoms with Gasteiger partial charge in [-0.1, -0.05) is 17.7 Å². The van der Waals surface area contributed by atoms with Crippen LogP contribution in [-0.4, -0.2) is 56.8 Å². The Hall–Kier alpha value is -5.63. The highest BCUT2D eigenvalue weighted by atomic mass is 35.5. The van der Waals surface area contributed by atoms with Gasteiger partial charge in [0.1, 0.15) is 46.7 Å². The Kier molecular flexibility index (Phi) is 9.06. The zero-order chi connectivity index (χ0) is 40.9. The number of aryl methyl sites for hydroxylation is 1. The Morgan fingerprint density at radius 1 is 1.11 bits per heavy atom. The highest BCUT2D eigenvalue weighted by Crippen LogP contribution is 2.68. The summed E-state index contributed by atoms with van der Waals surface area (Å²) >= 11 is 6.57. The minimum atomic E-state index is -3.90. The van der Waals surface area contributed by atoms with Gasteiger partial charge < -0.3 is 10.1 Å². The van der Waals surface area contributed by atoms with Crippen LogP contribution in [0.1, 0.15) is 53.1 Å². The molecule has 0 spiro atoms. The summed E-state index contributed by atoms with van der Waals surface area (Å²) in [5.41, 5.74) is -2.60. The van der Waals surface area contributed by atoms with Crippen LogP contribution in [0.3, 0.4) is 0 Å². The van der Waals surface area contributed by atoms with E-state index in [4.69, 9.17) is 21.3 Å². The van der Waals surface area contributed by atoms with Crippen LogP contribution in [0.25, 0.3) is 27.5 Å². The second-order valence-corrected chi connectivity index (χ2v) is 16.0. The molecule has 1 saturated carbocycles. The molecule has 0 aliphatic heterocycles. The molecule has 3 heterocycles. The number of ether oxygens (including phenoxy) is 1. The largest absolute Gasteiger partial charge is 0.494 e. The maximum Gasteiger partial charge on any atom is 0.293 e. The van der Waals surface area contributed by atoms with Crippen LogP contribution in [0, 0.1) is 17.6 Å². The van der Waals surface area contributed by atoms with E-state index in [0.717, 1.165) is 23.0 Å². The van der Waals surface area contributed by atoms with Gasteiger partial charge in [-0.15, -0.1) is 0 Å². The average Bonchev–Trinajstić information content (AvgIpc) is 3.66. The lowest BCUT2D eigenvalue weighted by Crippen LogP contribution is -2.38. The van der Waals surface area contributed by atoms with E-state index in [1.54, 1.807) is 0 Å². The molecule has 57 heavy (non-hydrogen) atoms. The number of sulfonamides is 1. The van der Waals surface area contributed by atoms with E-state index in [1.165, 1.54) is 49.2 Å². The fourth-order valence-corrected chi connectivity index (χ4v) is 8.48. The van der Waals surface area contributed by atoms with Crippen LogP contribution in [0.5, 0.6) is 5.75 Å². The van der Waals surface area contributed by atoms with Gasteiger partial charge in [-0.05, 0) is 54.3 Å². The van der Waals surface area contributed by atoms with Crippen LogP contribution >= 0.6 is 11.6 Å². The third-order valence-electron chi connectivity index (χ3n) is 10.0. The predicted octanol–water partition coefficient (Wildman–Crippen LogP) is 6.03. The van der Waals surface area contributed by atoms with Crippen LogP contribution < -0.4 is 20.3 Å². The Morgan fingerprint density at radius 2 is 1.82 bits per heavy atom. The molecule has 0 bridgehead atoms. The number of nitrogens with zero attached hydrogens (tertiary/aromatic N) is 6. The number of fused-ring (bicyclic) bond motifs is 5. The monoisotopic (exact) mass is 834 g/mol. The molecule has 1 amide bonds. The lowest BCUT2D eigenvalue weighted by Gasteiger charge is -2.24. The minimum Gasteiger partial charge on any atom is -0.494 e. The highest BCUT2D eigenvalue weighted by molar-refractivity contribution is 7.92. The van der Waals surface area contributed by atoms with Gasteiger partial charge in [0.25, 0.3) is 17.9 Å². The molecule has 2 aliphatic rings. The number of nitrogens with one attached hydrogen (secondary N) is 2. The zero-order valence-corrected chi connectivity index (χ0v) is 31.4. The Morgan fingerprint density at radius 3 is 2.49 bits per heavy atom. The number of alkyl halides is 4. The molecule has 8 rings (SSSR count). The molecule has 6 aromatic rings. The molecule has 0 radical (unpaired) electrons. The molecule has 0 saturated heterocycles.